The third-order valence-corrected chi connectivity index (χ3v) is 4.45. The first-order valence-corrected chi connectivity index (χ1v) is 8.46. The molecule has 0 amide bonds. The van der Waals surface area contributed by atoms with Gasteiger partial charge in [-0.25, -0.2) is 9.97 Å². The Balaban J connectivity index is 1.62. The lowest BCUT2D eigenvalue weighted by Crippen LogP contribution is -2.27. The van der Waals surface area contributed by atoms with Crippen molar-refractivity contribution in [3.63, 3.8) is 0 Å². The van der Waals surface area contributed by atoms with Crippen LogP contribution >= 0.6 is 0 Å². The molecule has 1 saturated heterocycles. The molecule has 1 aliphatic rings. The fourth-order valence-electron chi connectivity index (χ4n) is 3.15. The first-order chi connectivity index (χ1) is 12.3. The van der Waals surface area contributed by atoms with Gasteiger partial charge in [0.1, 0.15) is 18.0 Å². The predicted molar refractivity (Wildman–Crippen MR) is 95.1 cm³/mol. The minimum atomic E-state index is -4.32. The second-order valence-electron chi connectivity index (χ2n) is 6.68. The summed E-state index contributed by atoms with van der Waals surface area (Å²) in [5.74, 6) is 1.53. The van der Waals surface area contributed by atoms with Crippen molar-refractivity contribution in [1.29, 1.82) is 0 Å². The molecule has 1 aromatic heterocycles. The molecule has 0 saturated carbocycles. The predicted octanol–water partition coefficient (Wildman–Crippen LogP) is 3.25. The van der Waals surface area contributed by atoms with Crippen molar-refractivity contribution < 1.29 is 13.2 Å². The number of halogens is 3. The molecule has 0 radical (unpaired) electrons. The lowest BCUT2D eigenvalue weighted by atomic mass is 10.1. The van der Waals surface area contributed by atoms with Gasteiger partial charge in [0.25, 0.3) is 0 Å². The summed E-state index contributed by atoms with van der Waals surface area (Å²) in [6.07, 6.45) is -1.96. The van der Waals surface area contributed by atoms with Crippen LogP contribution in [0.5, 0.6) is 0 Å². The molecule has 1 unspecified atom stereocenters. The molecule has 2 aromatic rings. The second-order valence-corrected chi connectivity index (χ2v) is 6.68. The molecule has 1 aromatic carbocycles. The molecular weight excluding hydrogens is 343 g/mol. The van der Waals surface area contributed by atoms with E-state index in [1.165, 1.54) is 12.4 Å². The van der Waals surface area contributed by atoms with Crippen LogP contribution in [0.4, 0.5) is 24.8 Å². The third kappa shape index (κ3) is 4.43. The van der Waals surface area contributed by atoms with Crippen LogP contribution in [0.25, 0.3) is 0 Å². The van der Waals surface area contributed by atoms with Crippen LogP contribution < -0.4 is 10.2 Å². The maximum atomic E-state index is 13.1. The highest BCUT2D eigenvalue weighted by atomic mass is 19.4. The number of aromatic nitrogens is 2. The molecule has 3 rings (SSSR count). The molecule has 140 valence electrons. The third-order valence-electron chi connectivity index (χ3n) is 4.45. The van der Waals surface area contributed by atoms with Gasteiger partial charge in [-0.2, -0.15) is 13.2 Å². The quantitative estimate of drug-likeness (QED) is 0.881. The van der Waals surface area contributed by atoms with Crippen molar-refractivity contribution in [2.45, 2.75) is 25.2 Å². The zero-order chi connectivity index (χ0) is 18.7. The van der Waals surface area contributed by atoms with E-state index in [1.54, 1.807) is 12.1 Å². The van der Waals surface area contributed by atoms with Crippen molar-refractivity contribution in [2.75, 3.05) is 37.4 Å². The molecular formula is C18H22F3N5. The number of nitrogens with zero attached hydrogens (tertiary/aromatic N) is 4. The van der Waals surface area contributed by atoms with Crippen LogP contribution in [0, 0.1) is 0 Å². The van der Waals surface area contributed by atoms with Crippen LogP contribution in [-0.4, -0.2) is 48.1 Å². The number of likely N-dealkylation sites (tertiary alicyclic amines) is 1. The topological polar surface area (TPSA) is 44.3 Å². The SMILES string of the molecule is CN(C)c1cc(NC2CCN(Cc3ccccc3C(F)(F)F)C2)ncn1. The lowest BCUT2D eigenvalue weighted by Gasteiger charge is -2.20. The van der Waals surface area contributed by atoms with Crippen LogP contribution in [0.2, 0.25) is 0 Å². The fourth-order valence-corrected chi connectivity index (χ4v) is 3.15. The zero-order valence-corrected chi connectivity index (χ0v) is 14.8. The van der Waals surface area contributed by atoms with E-state index in [2.05, 4.69) is 15.3 Å². The van der Waals surface area contributed by atoms with Crippen molar-refractivity contribution in [2.24, 2.45) is 0 Å². The Morgan fingerprint density at radius 1 is 1.23 bits per heavy atom. The maximum absolute atomic E-state index is 13.1. The molecule has 5 nitrogen and oxygen atoms in total. The number of rotatable bonds is 5. The van der Waals surface area contributed by atoms with Crippen LogP contribution in [0.1, 0.15) is 17.5 Å². The van der Waals surface area contributed by atoms with Gasteiger partial charge < -0.3 is 10.2 Å². The number of hydrogen-bond donors (Lipinski definition) is 1. The monoisotopic (exact) mass is 365 g/mol. The average molecular weight is 365 g/mol. The lowest BCUT2D eigenvalue weighted by molar-refractivity contribution is -0.138. The molecule has 0 aliphatic carbocycles. The van der Waals surface area contributed by atoms with E-state index in [-0.39, 0.29) is 6.04 Å². The summed E-state index contributed by atoms with van der Waals surface area (Å²) in [7, 11) is 3.81. The highest BCUT2D eigenvalue weighted by Crippen LogP contribution is 2.32. The molecule has 26 heavy (non-hydrogen) atoms. The summed E-state index contributed by atoms with van der Waals surface area (Å²) >= 11 is 0. The molecule has 1 atom stereocenters. The number of hydrogen-bond acceptors (Lipinski definition) is 5. The second kappa shape index (κ2) is 7.49. The van der Waals surface area contributed by atoms with Crippen molar-refractivity contribution in [1.82, 2.24) is 14.9 Å². The van der Waals surface area contributed by atoms with E-state index < -0.39 is 11.7 Å². The summed E-state index contributed by atoms with van der Waals surface area (Å²) in [6.45, 7) is 1.71. The van der Waals surface area contributed by atoms with Crippen molar-refractivity contribution >= 4 is 11.6 Å². The summed E-state index contributed by atoms with van der Waals surface area (Å²) in [6, 6.07) is 7.79. The van der Waals surface area contributed by atoms with Gasteiger partial charge in [0.05, 0.1) is 5.56 Å². The van der Waals surface area contributed by atoms with Gasteiger partial charge in [0.2, 0.25) is 0 Å². The van der Waals surface area contributed by atoms with Crippen LogP contribution in [0.3, 0.4) is 0 Å². The van der Waals surface area contributed by atoms with E-state index in [4.69, 9.17) is 0 Å². The largest absolute Gasteiger partial charge is 0.416 e. The molecule has 1 N–H and O–H groups in total. The van der Waals surface area contributed by atoms with Crippen LogP contribution in [-0.2, 0) is 12.7 Å². The molecule has 0 bridgehead atoms. The van der Waals surface area contributed by atoms with Gasteiger partial charge in [-0.15, -0.1) is 0 Å². The summed E-state index contributed by atoms with van der Waals surface area (Å²) < 4.78 is 39.4. The zero-order valence-electron chi connectivity index (χ0n) is 14.8. The Labute approximate surface area is 150 Å². The number of alkyl halides is 3. The fraction of sp³-hybridized carbons (Fsp3) is 0.444. The molecule has 1 fully saturated rings. The van der Waals surface area contributed by atoms with Crippen molar-refractivity contribution in [3.05, 3.63) is 47.8 Å². The minimum absolute atomic E-state index is 0.151. The van der Waals surface area contributed by atoms with E-state index in [1.807, 2.05) is 30.0 Å². The Kier molecular flexibility index (Phi) is 5.31. The Bertz CT molecular complexity index is 748. The van der Waals surface area contributed by atoms with Gasteiger partial charge >= 0.3 is 6.18 Å². The number of nitrogens with one attached hydrogen (secondary N) is 1. The Morgan fingerprint density at radius 3 is 2.73 bits per heavy atom. The van der Waals surface area contributed by atoms with Crippen molar-refractivity contribution in [3.8, 4) is 0 Å². The van der Waals surface area contributed by atoms with Gasteiger partial charge in [-0.3, -0.25) is 4.90 Å². The number of benzene rings is 1. The van der Waals surface area contributed by atoms with Gasteiger partial charge in [-0.1, -0.05) is 18.2 Å². The highest BCUT2D eigenvalue weighted by molar-refractivity contribution is 5.48. The van der Waals surface area contributed by atoms with E-state index in [0.29, 0.717) is 18.7 Å². The van der Waals surface area contributed by atoms with E-state index >= 15 is 0 Å². The summed E-state index contributed by atoms with van der Waals surface area (Å²) in [5, 5.41) is 3.36. The van der Waals surface area contributed by atoms with E-state index in [0.717, 1.165) is 30.7 Å². The van der Waals surface area contributed by atoms with Gasteiger partial charge in [-0.05, 0) is 18.1 Å². The number of anilines is 2. The Morgan fingerprint density at radius 2 is 2.00 bits per heavy atom. The Hall–Kier alpha value is -2.35. The maximum Gasteiger partial charge on any atom is 0.416 e. The average Bonchev–Trinajstić information content (AvgIpc) is 3.01. The highest BCUT2D eigenvalue weighted by Gasteiger charge is 2.34. The normalized spacial score (nSPS) is 18.1. The molecule has 0 spiro atoms. The first-order valence-electron chi connectivity index (χ1n) is 8.46. The van der Waals surface area contributed by atoms with Gasteiger partial charge in [0.15, 0.2) is 0 Å². The standard InChI is InChI=1S/C18H22F3N5/c1-25(2)17-9-16(22-12-23-17)24-14-7-8-26(11-14)10-13-5-3-4-6-15(13)18(19,20)21/h3-6,9,12,14H,7-8,10-11H2,1-2H3,(H,22,23,24). The smallest absolute Gasteiger partial charge is 0.366 e. The first kappa shape index (κ1) is 18.4. The summed E-state index contributed by atoms with van der Waals surface area (Å²) in [5.41, 5.74) is -0.236. The molecule has 8 heteroatoms. The summed E-state index contributed by atoms with van der Waals surface area (Å²) in [4.78, 5) is 12.3. The van der Waals surface area contributed by atoms with Gasteiger partial charge in [0, 0.05) is 45.8 Å². The van der Waals surface area contributed by atoms with E-state index in [9.17, 15) is 13.2 Å². The molecule has 2 heterocycles. The van der Waals surface area contributed by atoms with Crippen LogP contribution in [0.15, 0.2) is 36.7 Å². The molecule has 1 aliphatic heterocycles. The minimum Gasteiger partial charge on any atom is -0.366 e.